The number of carbonyl (C=O) groups is 1. The first-order chi connectivity index (χ1) is 9.22. The molecule has 0 spiro atoms. The van der Waals surface area contributed by atoms with Crippen molar-refractivity contribution in [2.75, 3.05) is 13.2 Å². The number of Topliss-reactive ketones (excluding diaryl/α,β-unsaturated/α-hetero) is 1. The molecule has 0 aliphatic heterocycles. The van der Waals surface area contributed by atoms with Crippen molar-refractivity contribution in [1.29, 1.82) is 0 Å². The average molecular weight is 296 g/mol. The van der Waals surface area contributed by atoms with E-state index in [2.05, 4.69) is 4.74 Å². The van der Waals surface area contributed by atoms with Gasteiger partial charge in [0.2, 0.25) is 0 Å². The van der Waals surface area contributed by atoms with Crippen LogP contribution in [0.1, 0.15) is 11.1 Å². The minimum Gasteiger partial charge on any atom is -0.367 e. The molecule has 1 aromatic carbocycles. The second kappa shape index (κ2) is 6.78. The molecule has 1 aromatic rings. The van der Waals surface area contributed by atoms with Gasteiger partial charge in [-0.15, -0.1) is 0 Å². The molecule has 0 atom stereocenters. The molecule has 0 bridgehead atoms. The van der Waals surface area contributed by atoms with Crippen molar-refractivity contribution in [2.45, 2.75) is 25.7 Å². The fourth-order valence-corrected chi connectivity index (χ4v) is 1.49. The first-order valence-corrected chi connectivity index (χ1v) is 5.73. The van der Waals surface area contributed by atoms with Gasteiger partial charge >= 0.3 is 12.3 Å². The molecule has 0 aliphatic carbocycles. The molecule has 0 aliphatic rings. The molecular formula is C13H13F5O2. The van der Waals surface area contributed by atoms with Gasteiger partial charge in [-0.2, -0.15) is 8.78 Å². The minimum absolute atomic E-state index is 0.133. The lowest BCUT2D eigenvalue weighted by molar-refractivity contribution is -0.168. The quantitative estimate of drug-likeness (QED) is 0.722. The second-order valence-corrected chi connectivity index (χ2v) is 4.34. The van der Waals surface area contributed by atoms with Crippen molar-refractivity contribution in [3.8, 4) is 0 Å². The predicted molar refractivity (Wildman–Crippen MR) is 61.6 cm³/mol. The summed E-state index contributed by atoms with van der Waals surface area (Å²) in [7, 11) is 0. The molecule has 0 fully saturated rings. The Morgan fingerprint density at radius 1 is 1.35 bits per heavy atom. The van der Waals surface area contributed by atoms with E-state index in [0.29, 0.717) is 11.1 Å². The smallest absolute Gasteiger partial charge is 0.330 e. The van der Waals surface area contributed by atoms with Crippen molar-refractivity contribution in [1.82, 2.24) is 0 Å². The zero-order chi connectivity index (χ0) is 15.3. The number of hydrogen-bond acceptors (Lipinski definition) is 2. The van der Waals surface area contributed by atoms with E-state index >= 15 is 0 Å². The number of rotatable bonds is 7. The Balaban J connectivity index is 2.45. The van der Waals surface area contributed by atoms with Crippen LogP contribution in [0.4, 0.5) is 22.0 Å². The van der Waals surface area contributed by atoms with Crippen molar-refractivity contribution < 1.29 is 31.5 Å². The maximum atomic E-state index is 12.8. The number of benzene rings is 1. The van der Waals surface area contributed by atoms with Crippen molar-refractivity contribution >= 4 is 5.78 Å². The maximum Gasteiger partial charge on any atom is 0.330 e. The third-order valence-corrected chi connectivity index (χ3v) is 2.57. The SMILES string of the molecule is Cc1cc(F)ccc1CC(=O)COCC(F)(F)C(F)F. The molecule has 0 heterocycles. The molecule has 1 rings (SSSR count). The largest absolute Gasteiger partial charge is 0.367 e. The van der Waals surface area contributed by atoms with E-state index in [1.165, 1.54) is 18.2 Å². The number of alkyl halides is 4. The van der Waals surface area contributed by atoms with Crippen LogP contribution in [0, 0.1) is 12.7 Å². The Kier molecular flexibility index (Phi) is 5.62. The third-order valence-electron chi connectivity index (χ3n) is 2.57. The standard InChI is InChI=1S/C13H13F5O2/c1-8-4-10(14)3-2-9(8)5-11(19)6-20-7-13(17,18)12(15)16/h2-4,12H,5-7H2,1H3. The van der Waals surface area contributed by atoms with Gasteiger partial charge in [-0.3, -0.25) is 4.79 Å². The third kappa shape index (κ3) is 4.88. The number of ketones is 1. The Bertz CT molecular complexity index is 474. The van der Waals surface area contributed by atoms with Crippen molar-refractivity contribution in [3.63, 3.8) is 0 Å². The molecule has 2 nitrogen and oxygen atoms in total. The van der Waals surface area contributed by atoms with E-state index in [9.17, 15) is 26.7 Å². The van der Waals surface area contributed by atoms with E-state index in [4.69, 9.17) is 0 Å². The first kappa shape index (κ1) is 16.6. The molecule has 0 saturated carbocycles. The van der Waals surface area contributed by atoms with E-state index in [-0.39, 0.29) is 6.42 Å². The topological polar surface area (TPSA) is 26.3 Å². The molecule has 112 valence electrons. The van der Waals surface area contributed by atoms with E-state index in [1.807, 2.05) is 0 Å². The molecule has 0 amide bonds. The lowest BCUT2D eigenvalue weighted by Crippen LogP contribution is -2.33. The lowest BCUT2D eigenvalue weighted by atomic mass is 10.0. The molecule has 0 radical (unpaired) electrons. The summed E-state index contributed by atoms with van der Waals surface area (Å²) in [5.41, 5.74) is 1.07. The summed E-state index contributed by atoms with van der Waals surface area (Å²) in [5.74, 6) is -5.28. The maximum absolute atomic E-state index is 12.8. The highest BCUT2D eigenvalue weighted by Crippen LogP contribution is 2.22. The molecule has 0 saturated heterocycles. The first-order valence-electron chi connectivity index (χ1n) is 5.73. The number of aryl methyl sites for hydroxylation is 1. The van der Waals surface area contributed by atoms with Gasteiger partial charge < -0.3 is 4.74 Å². The van der Waals surface area contributed by atoms with Crippen LogP contribution in [0.3, 0.4) is 0 Å². The fraction of sp³-hybridized carbons (Fsp3) is 0.462. The lowest BCUT2D eigenvalue weighted by Gasteiger charge is -2.14. The van der Waals surface area contributed by atoms with Crippen LogP contribution >= 0.6 is 0 Å². The molecule has 20 heavy (non-hydrogen) atoms. The highest BCUT2D eigenvalue weighted by Gasteiger charge is 2.41. The van der Waals surface area contributed by atoms with Gasteiger partial charge in [0.05, 0.1) is 0 Å². The fourth-order valence-electron chi connectivity index (χ4n) is 1.49. The zero-order valence-electron chi connectivity index (χ0n) is 10.6. The van der Waals surface area contributed by atoms with Gasteiger partial charge in [0.1, 0.15) is 19.0 Å². The van der Waals surface area contributed by atoms with Gasteiger partial charge in [0.25, 0.3) is 0 Å². The summed E-state index contributed by atoms with van der Waals surface area (Å²) in [4.78, 5) is 11.5. The summed E-state index contributed by atoms with van der Waals surface area (Å²) in [6, 6.07) is 3.80. The Morgan fingerprint density at radius 2 is 2.00 bits per heavy atom. The molecule has 0 unspecified atom stereocenters. The van der Waals surface area contributed by atoms with Gasteiger partial charge in [0, 0.05) is 6.42 Å². The van der Waals surface area contributed by atoms with E-state index < -0.39 is 37.2 Å². The minimum atomic E-state index is -4.27. The summed E-state index contributed by atoms with van der Waals surface area (Å²) in [6.07, 6.45) is -3.97. The average Bonchev–Trinajstić information content (AvgIpc) is 2.32. The Labute approximate surface area is 112 Å². The van der Waals surface area contributed by atoms with Crippen LogP contribution in [0.2, 0.25) is 0 Å². The van der Waals surface area contributed by atoms with Crippen LogP contribution in [0.15, 0.2) is 18.2 Å². The van der Waals surface area contributed by atoms with Gasteiger partial charge in [-0.25, -0.2) is 13.2 Å². The molecule has 7 heteroatoms. The highest BCUT2D eigenvalue weighted by atomic mass is 19.3. The van der Waals surface area contributed by atoms with Crippen LogP contribution < -0.4 is 0 Å². The highest BCUT2D eigenvalue weighted by molar-refractivity contribution is 5.82. The number of carbonyl (C=O) groups excluding carboxylic acids is 1. The number of hydrogen-bond donors (Lipinski definition) is 0. The molecule has 0 aromatic heterocycles. The van der Waals surface area contributed by atoms with Crippen LogP contribution in [-0.2, 0) is 16.0 Å². The van der Waals surface area contributed by atoms with Gasteiger partial charge in [-0.05, 0) is 30.2 Å². The second-order valence-electron chi connectivity index (χ2n) is 4.34. The predicted octanol–water partition coefficient (Wildman–Crippen LogP) is 3.16. The summed E-state index contributed by atoms with van der Waals surface area (Å²) >= 11 is 0. The van der Waals surface area contributed by atoms with Gasteiger partial charge in [-0.1, -0.05) is 6.07 Å². The Hall–Kier alpha value is -1.50. The number of ether oxygens (including phenoxy) is 1. The Morgan fingerprint density at radius 3 is 2.55 bits per heavy atom. The van der Waals surface area contributed by atoms with E-state index in [0.717, 1.165) is 0 Å². The van der Waals surface area contributed by atoms with Crippen LogP contribution in [-0.4, -0.2) is 31.3 Å². The van der Waals surface area contributed by atoms with Crippen molar-refractivity contribution in [3.05, 3.63) is 35.1 Å². The normalized spacial score (nSPS) is 11.9. The van der Waals surface area contributed by atoms with Crippen LogP contribution in [0.25, 0.3) is 0 Å². The summed E-state index contributed by atoms with van der Waals surface area (Å²) in [5, 5.41) is 0. The summed E-state index contributed by atoms with van der Waals surface area (Å²) in [6.45, 7) is -0.616. The number of halogens is 5. The van der Waals surface area contributed by atoms with Gasteiger partial charge in [0.15, 0.2) is 5.78 Å². The van der Waals surface area contributed by atoms with Crippen molar-refractivity contribution in [2.24, 2.45) is 0 Å². The summed E-state index contributed by atoms with van der Waals surface area (Å²) < 4.78 is 65.8. The zero-order valence-corrected chi connectivity index (χ0v) is 10.6. The monoisotopic (exact) mass is 296 g/mol. The van der Waals surface area contributed by atoms with Crippen LogP contribution in [0.5, 0.6) is 0 Å². The van der Waals surface area contributed by atoms with E-state index in [1.54, 1.807) is 6.92 Å². The molecular weight excluding hydrogens is 283 g/mol. The molecule has 0 N–H and O–H groups in total.